The molecule has 0 amide bonds. The molecule has 96 valence electrons. The second-order valence-electron chi connectivity index (χ2n) is 3.47. The molecule has 7 nitrogen and oxygen atoms in total. The van der Waals surface area contributed by atoms with Gasteiger partial charge in [-0.3, -0.25) is 4.68 Å². The molecule has 0 unspecified atom stereocenters. The molecule has 2 heterocycles. The Morgan fingerprint density at radius 3 is 2.89 bits per heavy atom. The van der Waals surface area contributed by atoms with Crippen LogP contribution in [-0.2, 0) is 6.54 Å². The van der Waals surface area contributed by atoms with Crippen LogP contribution in [0, 0.1) is 0 Å². The van der Waals surface area contributed by atoms with Crippen LogP contribution in [-0.4, -0.2) is 32.5 Å². The molecule has 0 spiro atoms. The summed E-state index contributed by atoms with van der Waals surface area (Å²) < 4.78 is 1.85. The van der Waals surface area contributed by atoms with Crippen molar-refractivity contribution in [3.63, 3.8) is 0 Å². The number of hydrogen-bond donors (Lipinski definition) is 3. The van der Waals surface area contributed by atoms with Gasteiger partial charge in [-0.1, -0.05) is 11.8 Å². The number of anilines is 2. The van der Waals surface area contributed by atoms with Crippen LogP contribution in [0.5, 0.6) is 0 Å². The maximum Gasteiger partial charge on any atom is 0.191 e. The topological polar surface area (TPSA) is 93.7 Å². The Kier molecular flexibility index (Phi) is 4.37. The molecular weight excluding hydrogens is 250 g/mol. The maximum absolute atomic E-state index is 5.36. The van der Waals surface area contributed by atoms with Crippen molar-refractivity contribution >= 4 is 23.4 Å². The molecule has 2 rings (SSSR count). The monoisotopic (exact) mass is 265 g/mol. The number of rotatable bonds is 6. The molecule has 0 aliphatic carbocycles. The molecule has 18 heavy (non-hydrogen) atoms. The standard InChI is InChI=1S/C10H15N7S/c1-18-10-14-8(7-9(15-10)16-11)12-4-6-17-5-2-3-13-17/h2-3,5,7H,4,6,11H2,1H3,(H2,12,14,15,16). The number of nitrogen functional groups attached to an aromatic ring is 1. The Labute approximate surface area is 109 Å². The van der Waals surface area contributed by atoms with Crippen LogP contribution in [0.1, 0.15) is 0 Å². The largest absolute Gasteiger partial charge is 0.368 e. The molecule has 0 radical (unpaired) electrons. The molecule has 8 heteroatoms. The number of thioether (sulfide) groups is 1. The number of aromatic nitrogens is 4. The maximum atomic E-state index is 5.36. The Morgan fingerprint density at radius 1 is 1.39 bits per heavy atom. The van der Waals surface area contributed by atoms with Gasteiger partial charge in [0.2, 0.25) is 0 Å². The van der Waals surface area contributed by atoms with E-state index >= 15 is 0 Å². The van der Waals surface area contributed by atoms with Crippen molar-refractivity contribution in [3.8, 4) is 0 Å². The van der Waals surface area contributed by atoms with Crippen LogP contribution in [0.2, 0.25) is 0 Å². The van der Waals surface area contributed by atoms with Gasteiger partial charge in [0.25, 0.3) is 0 Å². The highest BCUT2D eigenvalue weighted by Crippen LogP contribution is 2.16. The van der Waals surface area contributed by atoms with Gasteiger partial charge in [-0.05, 0) is 12.3 Å². The first-order valence-electron chi connectivity index (χ1n) is 5.43. The molecule has 2 aromatic heterocycles. The third kappa shape index (κ3) is 3.34. The number of hydrazine groups is 1. The molecule has 0 atom stereocenters. The fraction of sp³-hybridized carbons (Fsp3) is 0.300. The first-order chi connectivity index (χ1) is 8.81. The molecular formula is C10H15N7S. The first kappa shape index (κ1) is 12.7. The molecule has 4 N–H and O–H groups in total. The average Bonchev–Trinajstić information content (AvgIpc) is 2.91. The van der Waals surface area contributed by atoms with Crippen molar-refractivity contribution in [3.05, 3.63) is 24.5 Å². The third-order valence-corrected chi connectivity index (χ3v) is 2.79. The number of nitrogens with zero attached hydrogens (tertiary/aromatic N) is 4. The summed E-state index contributed by atoms with van der Waals surface area (Å²) >= 11 is 1.47. The molecule has 0 saturated carbocycles. The van der Waals surface area contributed by atoms with Gasteiger partial charge in [0.1, 0.15) is 11.6 Å². The van der Waals surface area contributed by atoms with E-state index in [0.29, 0.717) is 11.0 Å². The highest BCUT2D eigenvalue weighted by atomic mass is 32.2. The van der Waals surface area contributed by atoms with E-state index in [0.717, 1.165) is 18.9 Å². The summed E-state index contributed by atoms with van der Waals surface area (Å²) in [5, 5.41) is 8.01. The first-order valence-corrected chi connectivity index (χ1v) is 6.65. The molecule has 0 fully saturated rings. The van der Waals surface area contributed by atoms with Gasteiger partial charge in [0, 0.05) is 25.0 Å². The fourth-order valence-corrected chi connectivity index (χ4v) is 1.79. The van der Waals surface area contributed by atoms with E-state index in [1.165, 1.54) is 11.8 Å². The van der Waals surface area contributed by atoms with Gasteiger partial charge < -0.3 is 10.7 Å². The summed E-state index contributed by atoms with van der Waals surface area (Å²) in [6.07, 6.45) is 5.60. The molecule has 0 aliphatic heterocycles. The number of hydrogen-bond acceptors (Lipinski definition) is 7. The summed E-state index contributed by atoms with van der Waals surface area (Å²) in [7, 11) is 0. The van der Waals surface area contributed by atoms with Crippen molar-refractivity contribution < 1.29 is 0 Å². The van der Waals surface area contributed by atoms with Crippen LogP contribution < -0.4 is 16.6 Å². The smallest absolute Gasteiger partial charge is 0.191 e. The lowest BCUT2D eigenvalue weighted by atomic mass is 10.5. The van der Waals surface area contributed by atoms with Gasteiger partial charge in [-0.15, -0.1) is 0 Å². The SMILES string of the molecule is CSc1nc(NN)cc(NCCn2cccn2)n1. The Morgan fingerprint density at radius 2 is 2.22 bits per heavy atom. The summed E-state index contributed by atoms with van der Waals surface area (Å²) in [4.78, 5) is 8.52. The predicted octanol–water partition coefficient (Wildman–Crippen LogP) is 0.793. The second kappa shape index (κ2) is 6.22. The second-order valence-corrected chi connectivity index (χ2v) is 4.24. The van der Waals surface area contributed by atoms with Crippen LogP contribution >= 0.6 is 11.8 Å². The van der Waals surface area contributed by atoms with Crippen molar-refractivity contribution in [2.75, 3.05) is 23.5 Å². The summed E-state index contributed by atoms with van der Waals surface area (Å²) in [6, 6.07) is 3.66. The third-order valence-electron chi connectivity index (χ3n) is 2.24. The van der Waals surface area contributed by atoms with Gasteiger partial charge in [-0.2, -0.15) is 5.10 Å². The van der Waals surface area contributed by atoms with E-state index in [1.54, 1.807) is 12.3 Å². The number of nitrogens with one attached hydrogen (secondary N) is 2. The normalized spacial score (nSPS) is 10.3. The van der Waals surface area contributed by atoms with E-state index in [-0.39, 0.29) is 0 Å². The predicted molar refractivity (Wildman–Crippen MR) is 72.3 cm³/mol. The lowest BCUT2D eigenvalue weighted by Gasteiger charge is -2.08. The minimum Gasteiger partial charge on any atom is -0.368 e. The van der Waals surface area contributed by atoms with Crippen molar-refractivity contribution in [2.45, 2.75) is 11.7 Å². The zero-order valence-electron chi connectivity index (χ0n) is 10.00. The van der Waals surface area contributed by atoms with E-state index in [1.807, 2.05) is 23.2 Å². The highest BCUT2D eigenvalue weighted by Gasteiger charge is 2.02. The van der Waals surface area contributed by atoms with Gasteiger partial charge in [0.15, 0.2) is 5.16 Å². The zero-order chi connectivity index (χ0) is 12.8. The van der Waals surface area contributed by atoms with Gasteiger partial charge in [-0.25, -0.2) is 15.8 Å². The van der Waals surface area contributed by atoms with Gasteiger partial charge in [0.05, 0.1) is 6.54 Å². The summed E-state index contributed by atoms with van der Waals surface area (Å²) in [5.74, 6) is 6.70. The minimum absolute atomic E-state index is 0.593. The van der Waals surface area contributed by atoms with Crippen molar-refractivity contribution in [1.82, 2.24) is 19.7 Å². The Balaban J connectivity index is 1.95. The van der Waals surface area contributed by atoms with Crippen molar-refractivity contribution in [2.24, 2.45) is 5.84 Å². The average molecular weight is 265 g/mol. The number of nitrogens with two attached hydrogens (primary N) is 1. The lowest BCUT2D eigenvalue weighted by Crippen LogP contribution is -2.14. The van der Waals surface area contributed by atoms with E-state index in [2.05, 4.69) is 25.8 Å². The lowest BCUT2D eigenvalue weighted by molar-refractivity contribution is 0.636. The molecule has 0 aromatic carbocycles. The van der Waals surface area contributed by atoms with E-state index in [9.17, 15) is 0 Å². The van der Waals surface area contributed by atoms with E-state index < -0.39 is 0 Å². The Bertz CT molecular complexity index is 463. The molecule has 0 bridgehead atoms. The van der Waals surface area contributed by atoms with Crippen LogP contribution in [0.4, 0.5) is 11.6 Å². The van der Waals surface area contributed by atoms with E-state index in [4.69, 9.17) is 5.84 Å². The van der Waals surface area contributed by atoms with Crippen LogP contribution in [0.3, 0.4) is 0 Å². The summed E-state index contributed by atoms with van der Waals surface area (Å²) in [6.45, 7) is 1.51. The quantitative estimate of drug-likeness (QED) is 0.308. The molecule has 0 saturated heterocycles. The highest BCUT2D eigenvalue weighted by molar-refractivity contribution is 7.98. The fourth-order valence-electron chi connectivity index (χ4n) is 1.41. The van der Waals surface area contributed by atoms with Crippen molar-refractivity contribution in [1.29, 1.82) is 0 Å². The summed E-state index contributed by atoms with van der Waals surface area (Å²) in [5.41, 5.74) is 2.52. The van der Waals surface area contributed by atoms with Crippen LogP contribution in [0.15, 0.2) is 29.7 Å². The van der Waals surface area contributed by atoms with Gasteiger partial charge >= 0.3 is 0 Å². The minimum atomic E-state index is 0.593. The van der Waals surface area contributed by atoms with Crippen LogP contribution in [0.25, 0.3) is 0 Å². The Hall–Kier alpha value is -1.80. The molecule has 0 aliphatic rings. The molecule has 2 aromatic rings. The zero-order valence-corrected chi connectivity index (χ0v) is 10.8.